The lowest BCUT2D eigenvalue weighted by atomic mass is 10.0. The maximum Gasteiger partial charge on any atom is 0.347 e. The summed E-state index contributed by atoms with van der Waals surface area (Å²) in [6.45, 7) is 3.64. The second kappa shape index (κ2) is 4.99. The Morgan fingerprint density at radius 2 is 2.47 bits per heavy atom. The summed E-state index contributed by atoms with van der Waals surface area (Å²) in [6, 6.07) is 4.29. The molecule has 1 aliphatic heterocycles. The minimum absolute atomic E-state index is 0.176. The maximum absolute atomic E-state index is 13.0. The number of carbonyl (C=O) groups is 1. The van der Waals surface area contributed by atoms with Crippen LogP contribution in [0.3, 0.4) is 0 Å². The van der Waals surface area contributed by atoms with Crippen molar-refractivity contribution in [3.8, 4) is 5.75 Å². The molecule has 0 aromatic heterocycles. The molecule has 0 aliphatic carbocycles. The van der Waals surface area contributed by atoms with Crippen molar-refractivity contribution in [1.29, 1.82) is 0 Å². The topological polar surface area (TPSA) is 35.5 Å². The number of aryl methyl sites for hydroxylation is 1. The molecule has 0 radical (unpaired) electrons. The number of ether oxygens (including phenoxy) is 2. The zero-order valence-corrected chi connectivity index (χ0v) is 9.32. The molecule has 2 rings (SSSR count). The Bertz CT molecular complexity index is 442. The third-order valence-electron chi connectivity index (χ3n) is 2.57. The van der Waals surface area contributed by atoms with E-state index >= 15 is 0 Å². The van der Waals surface area contributed by atoms with Gasteiger partial charge in [-0.1, -0.05) is 12.7 Å². The van der Waals surface area contributed by atoms with Crippen LogP contribution in [0.15, 0.2) is 30.9 Å². The van der Waals surface area contributed by atoms with Crippen LogP contribution in [0.5, 0.6) is 5.75 Å². The van der Waals surface area contributed by atoms with Gasteiger partial charge in [0.25, 0.3) is 0 Å². The highest BCUT2D eigenvalue weighted by Gasteiger charge is 2.27. The van der Waals surface area contributed by atoms with E-state index in [1.807, 2.05) is 0 Å². The molecular weight excluding hydrogens is 223 g/mol. The van der Waals surface area contributed by atoms with E-state index in [2.05, 4.69) is 6.58 Å². The van der Waals surface area contributed by atoms with Gasteiger partial charge in [-0.05, 0) is 36.6 Å². The molecule has 0 saturated heterocycles. The lowest BCUT2D eigenvalue weighted by Gasteiger charge is -2.24. The number of fused-ring (bicyclic) bond motifs is 1. The summed E-state index contributed by atoms with van der Waals surface area (Å²) in [5, 5.41) is 0. The lowest BCUT2D eigenvalue weighted by molar-refractivity contribution is -0.151. The van der Waals surface area contributed by atoms with Gasteiger partial charge >= 0.3 is 5.97 Å². The van der Waals surface area contributed by atoms with E-state index in [9.17, 15) is 9.18 Å². The number of benzene rings is 1. The van der Waals surface area contributed by atoms with Crippen molar-refractivity contribution in [1.82, 2.24) is 0 Å². The molecule has 3 nitrogen and oxygen atoms in total. The first-order valence-electron chi connectivity index (χ1n) is 5.43. The quantitative estimate of drug-likeness (QED) is 0.596. The highest BCUT2D eigenvalue weighted by molar-refractivity contribution is 5.75. The van der Waals surface area contributed by atoms with Gasteiger partial charge in [0.1, 0.15) is 18.2 Å². The number of hydrogen-bond donors (Lipinski definition) is 0. The summed E-state index contributed by atoms with van der Waals surface area (Å²) in [5.74, 6) is -0.141. The third-order valence-corrected chi connectivity index (χ3v) is 2.57. The normalized spacial score (nSPS) is 17.8. The highest BCUT2D eigenvalue weighted by atomic mass is 19.1. The van der Waals surface area contributed by atoms with Gasteiger partial charge in [-0.15, -0.1) is 0 Å². The number of hydrogen-bond acceptors (Lipinski definition) is 3. The van der Waals surface area contributed by atoms with Gasteiger partial charge in [0, 0.05) is 0 Å². The molecule has 4 heteroatoms. The van der Waals surface area contributed by atoms with Crippen LogP contribution in [-0.2, 0) is 16.0 Å². The van der Waals surface area contributed by atoms with Gasteiger partial charge in [-0.25, -0.2) is 9.18 Å². The van der Waals surface area contributed by atoms with E-state index in [-0.39, 0.29) is 12.4 Å². The molecule has 1 aliphatic rings. The molecule has 0 saturated carbocycles. The molecule has 0 fully saturated rings. The molecule has 90 valence electrons. The van der Waals surface area contributed by atoms with Crippen LogP contribution in [-0.4, -0.2) is 18.7 Å². The Kier molecular flexibility index (Phi) is 3.42. The molecule has 1 heterocycles. The second-order valence-corrected chi connectivity index (χ2v) is 3.82. The van der Waals surface area contributed by atoms with Gasteiger partial charge in [0.15, 0.2) is 6.10 Å². The molecule has 1 aromatic rings. The van der Waals surface area contributed by atoms with Gasteiger partial charge in [0.2, 0.25) is 0 Å². The number of esters is 1. The summed E-state index contributed by atoms with van der Waals surface area (Å²) in [6.07, 6.45) is 2.02. The van der Waals surface area contributed by atoms with Crippen molar-refractivity contribution in [2.24, 2.45) is 0 Å². The first-order valence-corrected chi connectivity index (χ1v) is 5.43. The molecule has 1 atom stereocenters. The minimum Gasteiger partial charge on any atom is -0.478 e. The van der Waals surface area contributed by atoms with Crippen molar-refractivity contribution in [2.75, 3.05) is 6.61 Å². The fraction of sp³-hybridized carbons (Fsp3) is 0.308. The average Bonchev–Trinajstić information content (AvgIpc) is 2.35. The summed E-state index contributed by atoms with van der Waals surface area (Å²) >= 11 is 0. The summed E-state index contributed by atoms with van der Waals surface area (Å²) < 4.78 is 23.3. The van der Waals surface area contributed by atoms with Crippen LogP contribution in [0.1, 0.15) is 12.0 Å². The van der Waals surface area contributed by atoms with Crippen LogP contribution in [0.2, 0.25) is 0 Å². The van der Waals surface area contributed by atoms with Gasteiger partial charge in [-0.2, -0.15) is 0 Å². The maximum atomic E-state index is 13.0. The summed E-state index contributed by atoms with van der Waals surface area (Å²) in [4.78, 5) is 11.6. The van der Waals surface area contributed by atoms with Crippen molar-refractivity contribution in [3.63, 3.8) is 0 Å². The summed E-state index contributed by atoms with van der Waals surface area (Å²) in [7, 11) is 0. The largest absolute Gasteiger partial charge is 0.478 e. The highest BCUT2D eigenvalue weighted by Crippen LogP contribution is 2.28. The van der Waals surface area contributed by atoms with Crippen LogP contribution in [0, 0.1) is 5.82 Å². The fourth-order valence-electron chi connectivity index (χ4n) is 1.76. The Morgan fingerprint density at radius 1 is 1.65 bits per heavy atom. The van der Waals surface area contributed by atoms with E-state index in [0.29, 0.717) is 18.6 Å². The van der Waals surface area contributed by atoms with Crippen LogP contribution in [0.25, 0.3) is 0 Å². The van der Waals surface area contributed by atoms with Crippen molar-refractivity contribution >= 4 is 5.97 Å². The van der Waals surface area contributed by atoms with E-state index in [1.165, 1.54) is 24.3 Å². The molecule has 0 amide bonds. The molecule has 0 spiro atoms. The van der Waals surface area contributed by atoms with Crippen molar-refractivity contribution < 1.29 is 18.7 Å². The van der Waals surface area contributed by atoms with Gasteiger partial charge in [-0.3, -0.25) is 0 Å². The molecular formula is C13H13FO3. The van der Waals surface area contributed by atoms with Crippen LogP contribution in [0.4, 0.5) is 4.39 Å². The summed E-state index contributed by atoms with van der Waals surface area (Å²) in [5.41, 5.74) is 0.790. The number of rotatable bonds is 3. The Hall–Kier alpha value is -1.84. The number of halogens is 1. The first-order chi connectivity index (χ1) is 8.20. The minimum atomic E-state index is -0.604. The first kappa shape index (κ1) is 11.6. The zero-order valence-electron chi connectivity index (χ0n) is 9.32. The Morgan fingerprint density at radius 3 is 3.24 bits per heavy atom. The number of carbonyl (C=O) groups excluding carboxylic acids is 1. The van der Waals surface area contributed by atoms with Crippen molar-refractivity contribution in [3.05, 3.63) is 42.2 Å². The third kappa shape index (κ3) is 2.64. The average molecular weight is 236 g/mol. The fourth-order valence-corrected chi connectivity index (χ4v) is 1.76. The molecule has 0 bridgehead atoms. The molecule has 1 aromatic carbocycles. The zero-order chi connectivity index (χ0) is 12.3. The predicted octanol–water partition coefficient (Wildman–Crippen LogP) is 2.25. The second-order valence-electron chi connectivity index (χ2n) is 3.82. The van der Waals surface area contributed by atoms with Gasteiger partial charge in [0.05, 0.1) is 0 Å². The van der Waals surface area contributed by atoms with E-state index in [4.69, 9.17) is 9.47 Å². The van der Waals surface area contributed by atoms with E-state index < -0.39 is 12.1 Å². The molecule has 0 N–H and O–H groups in total. The van der Waals surface area contributed by atoms with Crippen LogP contribution < -0.4 is 4.74 Å². The van der Waals surface area contributed by atoms with Gasteiger partial charge < -0.3 is 9.47 Å². The Labute approximate surface area is 98.8 Å². The van der Waals surface area contributed by atoms with Crippen molar-refractivity contribution in [2.45, 2.75) is 18.9 Å². The molecule has 1 unspecified atom stereocenters. The van der Waals surface area contributed by atoms with Crippen LogP contribution >= 0.6 is 0 Å². The van der Waals surface area contributed by atoms with E-state index in [0.717, 1.165) is 5.56 Å². The molecule has 17 heavy (non-hydrogen) atoms. The van der Waals surface area contributed by atoms with E-state index in [1.54, 1.807) is 0 Å². The lowest BCUT2D eigenvalue weighted by Crippen LogP contribution is -2.32. The Balaban J connectivity index is 2.05. The monoisotopic (exact) mass is 236 g/mol. The SMILES string of the molecule is C=CCOC(=O)C1CCc2cc(F)ccc2O1. The smallest absolute Gasteiger partial charge is 0.347 e. The standard InChI is InChI=1S/C13H13FO3/c1-2-7-16-13(15)12-5-3-9-8-10(14)4-6-11(9)17-12/h2,4,6,8,12H,1,3,5,7H2. The predicted molar refractivity (Wildman–Crippen MR) is 60.3 cm³/mol.